The van der Waals surface area contributed by atoms with Gasteiger partial charge in [-0.25, -0.2) is 4.79 Å². The molecular formula is C40H59N7O4. The summed E-state index contributed by atoms with van der Waals surface area (Å²) in [5.41, 5.74) is 4.88. The normalized spacial score (nSPS) is 20.0. The summed E-state index contributed by atoms with van der Waals surface area (Å²) in [6.07, 6.45) is 1.50. The lowest BCUT2D eigenvalue weighted by Gasteiger charge is -2.37. The van der Waals surface area contributed by atoms with Crippen LogP contribution >= 0.6 is 0 Å². The number of aromatic nitrogens is 1. The molecule has 6 rings (SSSR count). The molecule has 3 aliphatic rings. The zero-order valence-corrected chi connectivity index (χ0v) is 32.1. The van der Waals surface area contributed by atoms with Gasteiger partial charge in [0, 0.05) is 95.6 Å². The van der Waals surface area contributed by atoms with Gasteiger partial charge in [-0.05, 0) is 62.9 Å². The number of aryl methyl sites for hydroxylation is 1. The van der Waals surface area contributed by atoms with Crippen molar-refractivity contribution < 1.29 is 19.1 Å². The van der Waals surface area contributed by atoms with E-state index in [1.54, 1.807) is 7.11 Å². The van der Waals surface area contributed by atoms with E-state index in [4.69, 9.17) is 9.47 Å². The fraction of sp³-hybridized carbons (Fsp3) is 0.600. The van der Waals surface area contributed by atoms with Gasteiger partial charge >= 0.3 is 6.09 Å². The van der Waals surface area contributed by atoms with Crippen molar-refractivity contribution in [1.82, 2.24) is 29.1 Å². The van der Waals surface area contributed by atoms with Crippen LogP contribution in [0.15, 0.2) is 36.4 Å². The molecule has 2 amide bonds. The summed E-state index contributed by atoms with van der Waals surface area (Å²) >= 11 is 0. The molecule has 0 bridgehead atoms. The minimum absolute atomic E-state index is 0.0331. The Kier molecular flexibility index (Phi) is 11.3. The SMILES string of the molecule is COc1c(CN2CCN(C(C)C)CC2)cc(C(C)(C)C)cc1NC(=O)Oc1cc2cccc(CN3CCN(C(=O)[C@@H]4CCCN4C)CC3)c2n1C. The molecule has 3 aromatic rings. The summed E-state index contributed by atoms with van der Waals surface area (Å²) in [6, 6.07) is 13.0. The molecule has 1 aromatic heterocycles. The van der Waals surface area contributed by atoms with Crippen molar-refractivity contribution in [1.29, 1.82) is 0 Å². The molecule has 3 saturated heterocycles. The van der Waals surface area contributed by atoms with Crippen LogP contribution in [0, 0.1) is 0 Å². The molecule has 1 atom stereocenters. The number of likely N-dealkylation sites (tertiary alicyclic amines) is 1. The number of fused-ring (bicyclic) bond motifs is 1. The van der Waals surface area contributed by atoms with Gasteiger partial charge in [-0.15, -0.1) is 0 Å². The van der Waals surface area contributed by atoms with Crippen molar-refractivity contribution in [3.63, 3.8) is 0 Å². The summed E-state index contributed by atoms with van der Waals surface area (Å²) in [6.45, 7) is 20.8. The van der Waals surface area contributed by atoms with Crippen LogP contribution in [0.3, 0.4) is 0 Å². The van der Waals surface area contributed by atoms with Crippen molar-refractivity contribution in [2.45, 2.75) is 78.0 Å². The van der Waals surface area contributed by atoms with Gasteiger partial charge in [-0.2, -0.15) is 0 Å². The topological polar surface area (TPSA) is 85.8 Å². The first-order valence-corrected chi connectivity index (χ1v) is 18.8. The Balaban J connectivity index is 1.14. The summed E-state index contributed by atoms with van der Waals surface area (Å²) in [5.74, 6) is 1.42. The average Bonchev–Trinajstić information content (AvgIpc) is 3.66. The predicted octanol–water partition coefficient (Wildman–Crippen LogP) is 5.36. The van der Waals surface area contributed by atoms with E-state index in [1.165, 1.54) is 5.56 Å². The first-order valence-electron chi connectivity index (χ1n) is 18.8. The van der Waals surface area contributed by atoms with Crippen molar-refractivity contribution in [3.05, 3.63) is 53.1 Å². The van der Waals surface area contributed by atoms with Gasteiger partial charge in [-0.1, -0.05) is 45.0 Å². The summed E-state index contributed by atoms with van der Waals surface area (Å²) in [4.78, 5) is 38.3. The maximum absolute atomic E-state index is 13.6. The van der Waals surface area contributed by atoms with E-state index in [0.29, 0.717) is 23.4 Å². The second-order valence-corrected chi connectivity index (χ2v) is 16.0. The number of hydrogen-bond donors (Lipinski definition) is 1. The van der Waals surface area contributed by atoms with Crippen LogP contribution in [-0.2, 0) is 30.3 Å². The van der Waals surface area contributed by atoms with Crippen LogP contribution in [0.1, 0.15) is 64.2 Å². The fourth-order valence-corrected chi connectivity index (χ4v) is 7.99. The molecule has 0 aliphatic carbocycles. The van der Waals surface area contributed by atoms with Gasteiger partial charge in [0.05, 0.1) is 24.4 Å². The summed E-state index contributed by atoms with van der Waals surface area (Å²) in [5, 5.41) is 4.06. The van der Waals surface area contributed by atoms with Gasteiger partial charge in [0.25, 0.3) is 0 Å². The lowest BCUT2D eigenvalue weighted by Crippen LogP contribution is -2.52. The van der Waals surface area contributed by atoms with Gasteiger partial charge in [0.2, 0.25) is 11.8 Å². The molecule has 3 aliphatic heterocycles. The Morgan fingerprint density at radius 1 is 0.882 bits per heavy atom. The average molecular weight is 702 g/mol. The number of nitrogens with zero attached hydrogens (tertiary/aromatic N) is 6. The summed E-state index contributed by atoms with van der Waals surface area (Å²) in [7, 11) is 5.67. The predicted molar refractivity (Wildman–Crippen MR) is 204 cm³/mol. The Morgan fingerprint density at radius 3 is 2.16 bits per heavy atom. The van der Waals surface area contributed by atoms with E-state index in [2.05, 4.69) is 90.8 Å². The minimum Gasteiger partial charge on any atom is -0.494 e. The Bertz CT molecular complexity index is 1700. The number of para-hydroxylation sites is 1. The first kappa shape index (κ1) is 37.1. The molecular weight excluding hydrogens is 642 g/mol. The number of rotatable bonds is 9. The maximum Gasteiger partial charge on any atom is 0.418 e. The number of carbonyl (C=O) groups excluding carboxylic acids is 2. The standard InChI is InChI=1S/C40H59N7O4/c1-28(2)46-19-15-45(16-20-46)27-31-23-32(40(3,4)5)25-33(37(31)50-8)41-39(49)51-35-24-29-11-9-12-30(36(29)43(35)7)26-44-17-21-47(22-18-44)38(48)34-13-10-14-42(34)6/h9,11-12,23-25,28,34H,10,13-22,26-27H2,1-8H3,(H,41,49)/t34-/m0/s1. The largest absolute Gasteiger partial charge is 0.494 e. The molecule has 11 nitrogen and oxygen atoms in total. The number of ether oxygens (including phenoxy) is 2. The van der Waals surface area contributed by atoms with Gasteiger partial charge < -0.3 is 18.9 Å². The van der Waals surface area contributed by atoms with Crippen LogP contribution < -0.4 is 14.8 Å². The molecule has 4 heterocycles. The second-order valence-electron chi connectivity index (χ2n) is 16.0. The van der Waals surface area contributed by atoms with Gasteiger partial charge in [0.1, 0.15) is 5.75 Å². The fourth-order valence-electron chi connectivity index (χ4n) is 7.99. The van der Waals surface area contributed by atoms with Crippen LogP contribution in [0.5, 0.6) is 11.6 Å². The van der Waals surface area contributed by atoms with Crippen LogP contribution in [0.25, 0.3) is 10.9 Å². The Labute approximate surface area is 304 Å². The highest BCUT2D eigenvalue weighted by atomic mass is 16.6. The maximum atomic E-state index is 13.6. The van der Waals surface area contributed by atoms with Gasteiger partial charge in [0.15, 0.2) is 0 Å². The highest BCUT2D eigenvalue weighted by molar-refractivity contribution is 5.91. The van der Waals surface area contributed by atoms with Crippen LogP contribution in [0.2, 0.25) is 0 Å². The number of carbonyl (C=O) groups is 2. The van der Waals surface area contributed by atoms with Crippen molar-refractivity contribution in [2.24, 2.45) is 7.05 Å². The van der Waals surface area contributed by atoms with E-state index < -0.39 is 6.09 Å². The third kappa shape index (κ3) is 8.38. The first-order chi connectivity index (χ1) is 24.3. The highest BCUT2D eigenvalue weighted by Gasteiger charge is 2.33. The summed E-state index contributed by atoms with van der Waals surface area (Å²) < 4.78 is 13.9. The number of likely N-dealkylation sites (N-methyl/N-ethyl adjacent to an activating group) is 1. The molecule has 0 saturated carbocycles. The quantitative estimate of drug-likeness (QED) is 0.320. The van der Waals surface area contributed by atoms with Crippen LogP contribution in [-0.4, -0.2) is 126 Å². The highest BCUT2D eigenvalue weighted by Crippen LogP contribution is 2.37. The van der Waals surface area contributed by atoms with E-state index in [-0.39, 0.29) is 17.4 Å². The van der Waals surface area contributed by atoms with E-state index in [0.717, 1.165) is 107 Å². The number of nitrogens with one attached hydrogen (secondary N) is 1. The number of piperazine rings is 2. The third-order valence-electron chi connectivity index (χ3n) is 11.2. The zero-order chi connectivity index (χ0) is 36.4. The third-order valence-corrected chi connectivity index (χ3v) is 11.2. The molecule has 0 radical (unpaired) electrons. The van der Waals surface area contributed by atoms with Crippen molar-refractivity contribution in [2.75, 3.05) is 78.4 Å². The smallest absolute Gasteiger partial charge is 0.418 e. The Hall–Kier alpha value is -3.64. The second kappa shape index (κ2) is 15.5. The monoisotopic (exact) mass is 701 g/mol. The number of benzene rings is 2. The van der Waals surface area contributed by atoms with E-state index in [9.17, 15) is 9.59 Å². The van der Waals surface area contributed by atoms with Gasteiger partial charge in [-0.3, -0.25) is 29.7 Å². The molecule has 0 unspecified atom stereocenters. The van der Waals surface area contributed by atoms with Crippen molar-refractivity contribution >= 4 is 28.6 Å². The lowest BCUT2D eigenvalue weighted by atomic mass is 9.85. The van der Waals surface area contributed by atoms with Crippen LogP contribution in [0.4, 0.5) is 10.5 Å². The number of methoxy groups -OCH3 is 1. The van der Waals surface area contributed by atoms with E-state index in [1.807, 2.05) is 28.6 Å². The molecule has 11 heteroatoms. The number of amides is 2. The molecule has 3 fully saturated rings. The number of hydrogen-bond acceptors (Lipinski definition) is 8. The number of anilines is 1. The molecule has 1 N–H and O–H groups in total. The van der Waals surface area contributed by atoms with Crippen molar-refractivity contribution in [3.8, 4) is 11.6 Å². The molecule has 2 aromatic carbocycles. The minimum atomic E-state index is -0.558. The lowest BCUT2D eigenvalue weighted by molar-refractivity contribution is -0.137. The Morgan fingerprint density at radius 2 is 1.55 bits per heavy atom. The van der Waals surface area contributed by atoms with E-state index >= 15 is 0 Å². The molecule has 0 spiro atoms. The molecule has 51 heavy (non-hydrogen) atoms. The zero-order valence-electron chi connectivity index (χ0n) is 32.1. The molecule has 278 valence electrons.